The first kappa shape index (κ1) is 11.4. The fourth-order valence-corrected chi connectivity index (χ4v) is 2.44. The van der Waals surface area contributed by atoms with Gasteiger partial charge in [0.15, 0.2) is 0 Å². The Morgan fingerprint density at radius 1 is 1.67 bits per heavy atom. The molecular weight excluding hydrogens is 326 g/mol. The second-order valence-corrected chi connectivity index (χ2v) is 5.25. The van der Waals surface area contributed by atoms with Gasteiger partial charge in [-0.1, -0.05) is 11.6 Å². The third-order valence-corrected chi connectivity index (χ3v) is 4.26. The van der Waals surface area contributed by atoms with Crippen LogP contribution in [0.25, 0.3) is 0 Å². The number of rotatable bonds is 2. The van der Waals surface area contributed by atoms with Crippen molar-refractivity contribution in [2.75, 3.05) is 24.6 Å². The van der Waals surface area contributed by atoms with Gasteiger partial charge in [0.1, 0.15) is 5.82 Å². The van der Waals surface area contributed by atoms with Crippen molar-refractivity contribution in [3.63, 3.8) is 0 Å². The van der Waals surface area contributed by atoms with Crippen LogP contribution in [0.5, 0.6) is 0 Å². The van der Waals surface area contributed by atoms with Crippen LogP contribution in [0.4, 0.5) is 5.82 Å². The van der Waals surface area contributed by atoms with Gasteiger partial charge >= 0.3 is 0 Å². The lowest BCUT2D eigenvalue weighted by molar-refractivity contribution is 0.238. The minimum Gasteiger partial charge on any atom is -0.396 e. The van der Waals surface area contributed by atoms with Gasteiger partial charge < -0.3 is 10.0 Å². The van der Waals surface area contributed by atoms with Crippen molar-refractivity contribution in [3.8, 4) is 0 Å². The number of pyridine rings is 1. The zero-order valence-corrected chi connectivity index (χ0v) is 11.1. The Hall–Kier alpha value is -0.0700. The third-order valence-electron chi connectivity index (χ3n) is 2.67. The Morgan fingerprint density at radius 3 is 3.13 bits per heavy atom. The van der Waals surface area contributed by atoms with Crippen molar-refractivity contribution in [2.24, 2.45) is 5.92 Å². The molecule has 1 fully saturated rings. The number of aromatic nitrogens is 1. The summed E-state index contributed by atoms with van der Waals surface area (Å²) in [5.41, 5.74) is 0. The van der Waals surface area contributed by atoms with Crippen molar-refractivity contribution in [1.82, 2.24) is 4.98 Å². The van der Waals surface area contributed by atoms with Crippen molar-refractivity contribution < 1.29 is 5.11 Å². The maximum absolute atomic E-state index is 9.07. The van der Waals surface area contributed by atoms with E-state index in [4.69, 9.17) is 16.7 Å². The van der Waals surface area contributed by atoms with E-state index in [1.807, 2.05) is 6.07 Å². The molecule has 0 bridgehead atoms. The summed E-state index contributed by atoms with van der Waals surface area (Å²) in [5.74, 6) is 1.21. The predicted molar refractivity (Wildman–Crippen MR) is 69.4 cm³/mol. The fourth-order valence-electron chi connectivity index (χ4n) is 1.80. The molecular formula is C10H12ClIN2O. The zero-order valence-electron chi connectivity index (χ0n) is 8.16. The summed E-state index contributed by atoms with van der Waals surface area (Å²) in [6, 6.07) is 1.89. The molecule has 0 amide bonds. The van der Waals surface area contributed by atoms with Crippen molar-refractivity contribution in [1.29, 1.82) is 0 Å². The van der Waals surface area contributed by atoms with E-state index in [-0.39, 0.29) is 6.61 Å². The van der Waals surface area contributed by atoms with Crippen LogP contribution in [0, 0.1) is 9.49 Å². The highest BCUT2D eigenvalue weighted by molar-refractivity contribution is 14.1. The van der Waals surface area contributed by atoms with Gasteiger partial charge in [0.25, 0.3) is 0 Å². The van der Waals surface area contributed by atoms with Gasteiger partial charge in [-0.05, 0) is 35.1 Å². The van der Waals surface area contributed by atoms with Crippen LogP contribution in [-0.4, -0.2) is 29.8 Å². The molecule has 0 spiro atoms. The first-order valence-corrected chi connectivity index (χ1v) is 6.34. The van der Waals surface area contributed by atoms with Crippen molar-refractivity contribution in [2.45, 2.75) is 6.42 Å². The molecule has 2 rings (SSSR count). The van der Waals surface area contributed by atoms with E-state index in [9.17, 15) is 0 Å². The number of aliphatic hydroxyl groups excluding tert-OH is 1. The zero-order chi connectivity index (χ0) is 10.8. The SMILES string of the molecule is OCC1CCN(c2nccc(I)c2Cl)C1. The molecule has 5 heteroatoms. The summed E-state index contributed by atoms with van der Waals surface area (Å²) in [7, 11) is 0. The molecule has 1 atom stereocenters. The summed E-state index contributed by atoms with van der Waals surface area (Å²) in [5, 5.41) is 9.79. The molecule has 1 unspecified atom stereocenters. The number of hydrogen-bond donors (Lipinski definition) is 1. The average Bonchev–Trinajstić information content (AvgIpc) is 2.70. The lowest BCUT2D eigenvalue weighted by atomic mass is 10.1. The molecule has 0 aliphatic carbocycles. The molecule has 1 aromatic heterocycles. The highest BCUT2D eigenvalue weighted by atomic mass is 127. The number of halogens is 2. The van der Waals surface area contributed by atoms with Gasteiger partial charge in [-0.25, -0.2) is 4.98 Å². The van der Waals surface area contributed by atoms with Crippen LogP contribution in [-0.2, 0) is 0 Å². The van der Waals surface area contributed by atoms with Gasteiger partial charge in [0.2, 0.25) is 0 Å². The third kappa shape index (κ3) is 2.37. The first-order valence-electron chi connectivity index (χ1n) is 4.88. The normalized spacial score (nSPS) is 21.0. The van der Waals surface area contributed by atoms with Crippen molar-refractivity contribution >= 4 is 40.0 Å². The van der Waals surface area contributed by atoms with Crippen LogP contribution in [0.2, 0.25) is 5.02 Å². The molecule has 1 aromatic rings. The van der Waals surface area contributed by atoms with Crippen LogP contribution in [0.1, 0.15) is 6.42 Å². The largest absolute Gasteiger partial charge is 0.396 e. The van der Waals surface area contributed by atoms with Crippen LogP contribution >= 0.6 is 34.2 Å². The van der Waals surface area contributed by atoms with E-state index in [0.717, 1.165) is 33.9 Å². The Balaban J connectivity index is 2.20. The van der Waals surface area contributed by atoms with Gasteiger partial charge in [-0.2, -0.15) is 0 Å². The van der Waals surface area contributed by atoms with E-state index in [1.165, 1.54) is 0 Å². The summed E-state index contributed by atoms with van der Waals surface area (Å²) < 4.78 is 1.02. The molecule has 1 aliphatic rings. The quantitative estimate of drug-likeness (QED) is 0.840. The maximum Gasteiger partial charge on any atom is 0.148 e. The maximum atomic E-state index is 9.07. The Bertz CT molecular complexity index is 361. The Kier molecular flexibility index (Phi) is 3.69. The van der Waals surface area contributed by atoms with Gasteiger partial charge in [0, 0.05) is 35.4 Å². The van der Waals surface area contributed by atoms with E-state index < -0.39 is 0 Å². The van der Waals surface area contributed by atoms with Gasteiger partial charge in [-0.3, -0.25) is 0 Å². The molecule has 0 saturated carbocycles. The molecule has 1 saturated heterocycles. The van der Waals surface area contributed by atoms with E-state index in [1.54, 1.807) is 6.20 Å². The smallest absolute Gasteiger partial charge is 0.148 e. The van der Waals surface area contributed by atoms with Crippen LogP contribution in [0.15, 0.2) is 12.3 Å². The van der Waals surface area contributed by atoms with Gasteiger partial charge in [0.05, 0.1) is 5.02 Å². The number of nitrogens with zero attached hydrogens (tertiary/aromatic N) is 2. The topological polar surface area (TPSA) is 36.4 Å². The summed E-state index contributed by atoms with van der Waals surface area (Å²) >= 11 is 8.39. The minimum absolute atomic E-state index is 0.248. The first-order chi connectivity index (χ1) is 7.22. The summed E-state index contributed by atoms with van der Waals surface area (Å²) in [6.07, 6.45) is 2.79. The molecule has 2 heterocycles. The standard InChI is InChI=1S/C10H12ClIN2O/c11-9-8(12)1-3-13-10(9)14-4-2-7(5-14)6-15/h1,3,7,15H,2,4-6H2. The van der Waals surface area contributed by atoms with Crippen LogP contribution < -0.4 is 4.90 Å². The Morgan fingerprint density at radius 2 is 2.47 bits per heavy atom. The highest BCUT2D eigenvalue weighted by Gasteiger charge is 2.24. The van der Waals surface area contributed by atoms with Crippen molar-refractivity contribution in [3.05, 3.63) is 20.9 Å². The lowest BCUT2D eigenvalue weighted by Crippen LogP contribution is -2.22. The number of aliphatic hydroxyl groups is 1. The molecule has 15 heavy (non-hydrogen) atoms. The molecule has 1 aliphatic heterocycles. The molecule has 1 N–H and O–H groups in total. The molecule has 82 valence electrons. The van der Waals surface area contributed by atoms with Crippen LogP contribution in [0.3, 0.4) is 0 Å². The predicted octanol–water partition coefficient (Wildman–Crippen LogP) is 2.16. The number of anilines is 1. The van der Waals surface area contributed by atoms with E-state index in [0.29, 0.717) is 5.92 Å². The fraction of sp³-hybridized carbons (Fsp3) is 0.500. The summed E-state index contributed by atoms with van der Waals surface area (Å²) in [6.45, 7) is 2.03. The van der Waals surface area contributed by atoms with E-state index >= 15 is 0 Å². The molecule has 3 nitrogen and oxygen atoms in total. The second kappa shape index (κ2) is 4.84. The van der Waals surface area contributed by atoms with E-state index in [2.05, 4.69) is 32.5 Å². The molecule has 0 aromatic carbocycles. The average molecular weight is 339 g/mol. The number of hydrogen-bond acceptors (Lipinski definition) is 3. The monoisotopic (exact) mass is 338 g/mol. The summed E-state index contributed by atoms with van der Waals surface area (Å²) in [4.78, 5) is 6.44. The highest BCUT2D eigenvalue weighted by Crippen LogP contribution is 2.31. The minimum atomic E-state index is 0.248. The second-order valence-electron chi connectivity index (χ2n) is 3.71. The molecule has 0 radical (unpaired) electrons. The van der Waals surface area contributed by atoms with Gasteiger partial charge in [-0.15, -0.1) is 0 Å². The lowest BCUT2D eigenvalue weighted by Gasteiger charge is -2.18. The Labute approximate surface area is 108 Å².